The molecule has 1 amide bonds. The van der Waals surface area contributed by atoms with Gasteiger partial charge in [-0.3, -0.25) is 9.79 Å². The first-order valence-corrected chi connectivity index (χ1v) is 8.50. The molecule has 2 aliphatic rings. The van der Waals surface area contributed by atoms with E-state index < -0.39 is 0 Å². The minimum atomic E-state index is 0. The standard InChI is InChI=1S/C16H30N4O.HI/c1-3-4-10-18-16(17-2)19-14-9-11-20(12-14)15(21)13-7-5-6-8-13;/h13-14H,3-12H2,1-2H3,(H2,17,18,19);1H. The van der Waals surface area contributed by atoms with E-state index in [1.54, 1.807) is 7.05 Å². The second kappa shape index (κ2) is 10.3. The molecular formula is C16H31IN4O. The van der Waals surface area contributed by atoms with Crippen molar-refractivity contribution in [1.82, 2.24) is 15.5 Å². The first-order chi connectivity index (χ1) is 10.2. The van der Waals surface area contributed by atoms with Gasteiger partial charge in [0.25, 0.3) is 0 Å². The van der Waals surface area contributed by atoms with Gasteiger partial charge in [-0.15, -0.1) is 24.0 Å². The molecule has 1 heterocycles. The van der Waals surface area contributed by atoms with E-state index in [4.69, 9.17) is 0 Å². The Hall–Kier alpha value is -0.530. The Morgan fingerprint density at radius 2 is 2.00 bits per heavy atom. The van der Waals surface area contributed by atoms with Crippen molar-refractivity contribution < 1.29 is 4.79 Å². The number of nitrogens with zero attached hydrogens (tertiary/aromatic N) is 2. The van der Waals surface area contributed by atoms with Crippen LogP contribution in [0, 0.1) is 5.92 Å². The number of hydrogen-bond acceptors (Lipinski definition) is 2. The van der Waals surface area contributed by atoms with E-state index in [2.05, 4.69) is 22.5 Å². The molecule has 128 valence electrons. The van der Waals surface area contributed by atoms with Gasteiger partial charge in [-0.1, -0.05) is 26.2 Å². The van der Waals surface area contributed by atoms with E-state index >= 15 is 0 Å². The fraction of sp³-hybridized carbons (Fsp3) is 0.875. The number of unbranched alkanes of at least 4 members (excludes halogenated alkanes) is 1. The highest BCUT2D eigenvalue weighted by molar-refractivity contribution is 14.0. The Labute approximate surface area is 151 Å². The number of hydrogen-bond donors (Lipinski definition) is 2. The number of amides is 1. The lowest BCUT2D eigenvalue weighted by molar-refractivity contribution is -0.134. The molecule has 1 aliphatic carbocycles. The summed E-state index contributed by atoms with van der Waals surface area (Å²) in [6.45, 7) is 4.84. The fourth-order valence-electron chi connectivity index (χ4n) is 3.28. The number of halogens is 1. The van der Waals surface area contributed by atoms with E-state index in [0.717, 1.165) is 51.3 Å². The average molecular weight is 422 g/mol. The lowest BCUT2D eigenvalue weighted by atomic mass is 10.1. The molecule has 1 saturated carbocycles. The molecule has 2 N–H and O–H groups in total. The van der Waals surface area contributed by atoms with Crippen LogP contribution >= 0.6 is 24.0 Å². The van der Waals surface area contributed by atoms with E-state index in [1.807, 2.05) is 4.90 Å². The summed E-state index contributed by atoms with van der Waals surface area (Å²) in [6, 6.07) is 0.336. The number of aliphatic imine (C=N–C) groups is 1. The zero-order valence-corrected chi connectivity index (χ0v) is 16.3. The van der Waals surface area contributed by atoms with Crippen LogP contribution in [0.3, 0.4) is 0 Å². The Bertz CT molecular complexity index is 369. The number of rotatable bonds is 5. The summed E-state index contributed by atoms with van der Waals surface area (Å²) in [5.41, 5.74) is 0. The van der Waals surface area contributed by atoms with Gasteiger partial charge in [-0.2, -0.15) is 0 Å². The third kappa shape index (κ3) is 5.59. The predicted molar refractivity (Wildman–Crippen MR) is 102 cm³/mol. The van der Waals surface area contributed by atoms with Gasteiger partial charge in [0.05, 0.1) is 0 Å². The van der Waals surface area contributed by atoms with Gasteiger partial charge in [-0.05, 0) is 25.7 Å². The van der Waals surface area contributed by atoms with Crippen molar-refractivity contribution in [2.45, 2.75) is 57.9 Å². The topological polar surface area (TPSA) is 56.7 Å². The average Bonchev–Trinajstić information content (AvgIpc) is 3.17. The third-order valence-corrected chi connectivity index (χ3v) is 4.59. The highest BCUT2D eigenvalue weighted by Crippen LogP contribution is 2.27. The molecule has 5 nitrogen and oxygen atoms in total. The fourth-order valence-corrected chi connectivity index (χ4v) is 3.28. The Balaban J connectivity index is 0.00000242. The maximum absolute atomic E-state index is 12.4. The predicted octanol–water partition coefficient (Wildman–Crippen LogP) is 2.36. The van der Waals surface area contributed by atoms with Crippen LogP contribution in [0.1, 0.15) is 51.9 Å². The molecule has 0 bridgehead atoms. The summed E-state index contributed by atoms with van der Waals surface area (Å²) in [5, 5.41) is 6.78. The van der Waals surface area contributed by atoms with Crippen molar-refractivity contribution in [3.05, 3.63) is 0 Å². The Kier molecular flexibility index (Phi) is 9.12. The maximum Gasteiger partial charge on any atom is 0.225 e. The molecule has 6 heteroatoms. The molecular weight excluding hydrogens is 391 g/mol. The highest BCUT2D eigenvalue weighted by atomic mass is 127. The number of carbonyl (C=O) groups is 1. The molecule has 1 unspecified atom stereocenters. The third-order valence-electron chi connectivity index (χ3n) is 4.59. The summed E-state index contributed by atoms with van der Waals surface area (Å²) < 4.78 is 0. The molecule has 22 heavy (non-hydrogen) atoms. The van der Waals surface area contributed by atoms with Crippen LogP contribution in [0.5, 0.6) is 0 Å². The summed E-state index contributed by atoms with van der Waals surface area (Å²) in [7, 11) is 1.80. The van der Waals surface area contributed by atoms with Crippen LogP contribution in [0.15, 0.2) is 4.99 Å². The van der Waals surface area contributed by atoms with Crippen LogP contribution in [0.25, 0.3) is 0 Å². The second-order valence-corrected chi connectivity index (χ2v) is 6.25. The van der Waals surface area contributed by atoms with Gasteiger partial charge in [0.2, 0.25) is 5.91 Å². The molecule has 0 radical (unpaired) electrons. The van der Waals surface area contributed by atoms with Gasteiger partial charge in [0.1, 0.15) is 0 Å². The van der Waals surface area contributed by atoms with Gasteiger partial charge in [0, 0.05) is 38.6 Å². The molecule has 0 aromatic carbocycles. The van der Waals surface area contributed by atoms with Crippen LogP contribution < -0.4 is 10.6 Å². The van der Waals surface area contributed by atoms with E-state index in [0.29, 0.717) is 17.9 Å². The molecule has 1 atom stereocenters. The SMILES string of the molecule is CCCCNC(=NC)NC1CCN(C(=O)C2CCCC2)C1.I. The van der Waals surface area contributed by atoms with Gasteiger partial charge >= 0.3 is 0 Å². The number of guanidine groups is 1. The van der Waals surface area contributed by atoms with Gasteiger partial charge < -0.3 is 15.5 Å². The highest BCUT2D eigenvalue weighted by Gasteiger charge is 2.32. The van der Waals surface area contributed by atoms with Crippen molar-refractivity contribution in [1.29, 1.82) is 0 Å². The van der Waals surface area contributed by atoms with E-state index in [1.165, 1.54) is 19.3 Å². The van der Waals surface area contributed by atoms with Gasteiger partial charge in [-0.25, -0.2) is 0 Å². The number of carbonyl (C=O) groups excluding carboxylic acids is 1. The van der Waals surface area contributed by atoms with Crippen molar-refractivity contribution in [2.75, 3.05) is 26.7 Å². The Morgan fingerprint density at radius 1 is 1.27 bits per heavy atom. The van der Waals surface area contributed by atoms with Crippen LogP contribution in [-0.4, -0.2) is 49.5 Å². The van der Waals surface area contributed by atoms with Crippen LogP contribution in [0.2, 0.25) is 0 Å². The molecule has 0 aromatic heterocycles. The summed E-state index contributed by atoms with van der Waals surface area (Å²) in [6.07, 6.45) is 7.98. The van der Waals surface area contributed by atoms with E-state index in [9.17, 15) is 4.79 Å². The van der Waals surface area contributed by atoms with Crippen molar-refractivity contribution in [3.63, 3.8) is 0 Å². The molecule has 0 aromatic rings. The van der Waals surface area contributed by atoms with Crippen molar-refractivity contribution in [2.24, 2.45) is 10.9 Å². The zero-order valence-electron chi connectivity index (χ0n) is 13.9. The number of nitrogens with one attached hydrogen (secondary N) is 2. The molecule has 0 spiro atoms. The molecule has 2 rings (SSSR count). The van der Waals surface area contributed by atoms with Crippen molar-refractivity contribution >= 4 is 35.8 Å². The lowest BCUT2D eigenvalue weighted by Crippen LogP contribution is -2.45. The van der Waals surface area contributed by atoms with E-state index in [-0.39, 0.29) is 24.0 Å². The molecule has 2 fully saturated rings. The second-order valence-electron chi connectivity index (χ2n) is 6.25. The molecule has 1 saturated heterocycles. The largest absolute Gasteiger partial charge is 0.356 e. The first kappa shape index (κ1) is 19.5. The summed E-state index contributed by atoms with van der Waals surface area (Å²) in [5.74, 6) is 1.54. The molecule has 1 aliphatic heterocycles. The monoisotopic (exact) mass is 422 g/mol. The quantitative estimate of drug-likeness (QED) is 0.310. The zero-order chi connectivity index (χ0) is 15.1. The first-order valence-electron chi connectivity index (χ1n) is 8.50. The number of likely N-dealkylation sites (tertiary alicyclic amines) is 1. The summed E-state index contributed by atoms with van der Waals surface area (Å²) in [4.78, 5) is 18.7. The minimum Gasteiger partial charge on any atom is -0.356 e. The van der Waals surface area contributed by atoms with Crippen LogP contribution in [0.4, 0.5) is 0 Å². The normalized spacial score (nSPS) is 22.5. The minimum absolute atomic E-state index is 0. The van der Waals surface area contributed by atoms with Crippen molar-refractivity contribution in [3.8, 4) is 0 Å². The Morgan fingerprint density at radius 3 is 2.64 bits per heavy atom. The smallest absolute Gasteiger partial charge is 0.225 e. The van der Waals surface area contributed by atoms with Crippen LogP contribution in [-0.2, 0) is 4.79 Å². The van der Waals surface area contributed by atoms with Gasteiger partial charge in [0.15, 0.2) is 5.96 Å². The maximum atomic E-state index is 12.4. The lowest BCUT2D eigenvalue weighted by Gasteiger charge is -2.21. The summed E-state index contributed by atoms with van der Waals surface area (Å²) >= 11 is 0.